The van der Waals surface area contributed by atoms with Gasteiger partial charge in [0.05, 0.1) is 18.4 Å². The zero-order valence-electron chi connectivity index (χ0n) is 8.98. The van der Waals surface area contributed by atoms with Crippen LogP contribution in [-0.4, -0.2) is 32.8 Å². The van der Waals surface area contributed by atoms with Crippen LogP contribution in [0, 0.1) is 0 Å². The standard InChI is InChI=1S/C10H14O5/c1-4-14-9(11)8-5-6-15-10(7-8,12-2)13-3/h5-7H,4H2,1-3H3. The summed E-state index contributed by atoms with van der Waals surface area (Å²) in [5.41, 5.74) is 0.340. The largest absolute Gasteiger partial charge is 0.462 e. The molecule has 0 unspecified atom stereocenters. The van der Waals surface area contributed by atoms with E-state index in [-0.39, 0.29) is 0 Å². The van der Waals surface area contributed by atoms with E-state index in [1.165, 1.54) is 32.6 Å². The summed E-state index contributed by atoms with van der Waals surface area (Å²) < 4.78 is 20.0. The highest BCUT2D eigenvalue weighted by molar-refractivity contribution is 5.91. The highest BCUT2D eigenvalue weighted by atomic mass is 16.9. The zero-order chi connectivity index (χ0) is 11.3. The third-order valence-electron chi connectivity index (χ3n) is 1.89. The second-order valence-electron chi connectivity index (χ2n) is 2.75. The average Bonchev–Trinajstić information content (AvgIpc) is 2.29. The molecular formula is C10H14O5. The second-order valence-corrected chi connectivity index (χ2v) is 2.75. The summed E-state index contributed by atoms with van der Waals surface area (Å²) in [4.78, 5) is 11.4. The van der Waals surface area contributed by atoms with Gasteiger partial charge >= 0.3 is 11.9 Å². The van der Waals surface area contributed by atoms with Crippen LogP contribution in [0.5, 0.6) is 0 Å². The first-order chi connectivity index (χ1) is 7.17. The lowest BCUT2D eigenvalue weighted by atomic mass is 10.2. The molecule has 0 saturated carbocycles. The van der Waals surface area contributed by atoms with Crippen molar-refractivity contribution in [2.75, 3.05) is 20.8 Å². The highest BCUT2D eigenvalue weighted by Crippen LogP contribution is 2.23. The van der Waals surface area contributed by atoms with Gasteiger partial charge in [-0.05, 0) is 13.0 Å². The Kier molecular flexibility index (Phi) is 3.88. The number of hydrogen-bond donors (Lipinski definition) is 0. The predicted octanol–water partition coefficient (Wildman–Crippen LogP) is 0.966. The fraction of sp³-hybridized carbons (Fsp3) is 0.500. The molecule has 1 heterocycles. The Bertz CT molecular complexity index is 288. The number of esters is 1. The molecule has 0 spiro atoms. The van der Waals surface area contributed by atoms with Crippen LogP contribution in [0.25, 0.3) is 0 Å². The van der Waals surface area contributed by atoms with Crippen LogP contribution < -0.4 is 0 Å². The Labute approximate surface area is 88.3 Å². The molecule has 0 atom stereocenters. The third kappa shape index (κ3) is 2.57. The van der Waals surface area contributed by atoms with Gasteiger partial charge in [-0.3, -0.25) is 0 Å². The number of hydrogen-bond acceptors (Lipinski definition) is 5. The number of carbonyl (C=O) groups excluding carboxylic acids is 1. The lowest BCUT2D eigenvalue weighted by molar-refractivity contribution is -0.308. The van der Waals surface area contributed by atoms with Crippen molar-refractivity contribution in [3.05, 3.63) is 24.0 Å². The van der Waals surface area contributed by atoms with E-state index in [9.17, 15) is 4.79 Å². The van der Waals surface area contributed by atoms with E-state index >= 15 is 0 Å². The Morgan fingerprint density at radius 2 is 2.13 bits per heavy atom. The normalized spacial score (nSPS) is 17.9. The van der Waals surface area contributed by atoms with Gasteiger partial charge < -0.3 is 18.9 Å². The molecule has 15 heavy (non-hydrogen) atoms. The van der Waals surface area contributed by atoms with E-state index in [0.29, 0.717) is 12.2 Å². The summed E-state index contributed by atoms with van der Waals surface area (Å²) in [6.45, 7) is 2.05. The van der Waals surface area contributed by atoms with Gasteiger partial charge in [0, 0.05) is 20.3 Å². The molecule has 0 bridgehead atoms. The minimum Gasteiger partial charge on any atom is -0.462 e. The third-order valence-corrected chi connectivity index (χ3v) is 1.89. The van der Waals surface area contributed by atoms with Crippen molar-refractivity contribution >= 4 is 5.97 Å². The van der Waals surface area contributed by atoms with Gasteiger partial charge in [0.15, 0.2) is 0 Å². The molecule has 1 aliphatic rings. The quantitative estimate of drug-likeness (QED) is 0.515. The van der Waals surface area contributed by atoms with E-state index in [4.69, 9.17) is 18.9 Å². The lowest BCUT2D eigenvalue weighted by Crippen LogP contribution is -2.35. The molecule has 0 fully saturated rings. The topological polar surface area (TPSA) is 54.0 Å². The zero-order valence-corrected chi connectivity index (χ0v) is 8.98. The number of ether oxygens (including phenoxy) is 4. The smallest absolute Gasteiger partial charge is 0.349 e. The fourth-order valence-corrected chi connectivity index (χ4v) is 1.11. The molecule has 0 aromatic heterocycles. The number of rotatable bonds is 4. The number of methoxy groups -OCH3 is 2. The van der Waals surface area contributed by atoms with E-state index in [2.05, 4.69) is 0 Å². The van der Waals surface area contributed by atoms with Gasteiger partial charge in [-0.1, -0.05) is 0 Å². The molecule has 84 valence electrons. The van der Waals surface area contributed by atoms with E-state index < -0.39 is 11.9 Å². The van der Waals surface area contributed by atoms with Crippen molar-refractivity contribution in [2.24, 2.45) is 0 Å². The predicted molar refractivity (Wildman–Crippen MR) is 51.7 cm³/mol. The molecule has 1 aliphatic heterocycles. The maximum Gasteiger partial charge on any atom is 0.349 e. The first-order valence-corrected chi connectivity index (χ1v) is 4.52. The Morgan fingerprint density at radius 1 is 1.47 bits per heavy atom. The summed E-state index contributed by atoms with van der Waals surface area (Å²) in [6, 6.07) is 0. The summed E-state index contributed by atoms with van der Waals surface area (Å²) in [5, 5.41) is 0. The van der Waals surface area contributed by atoms with E-state index in [1.807, 2.05) is 0 Å². The number of carbonyl (C=O) groups is 1. The van der Waals surface area contributed by atoms with Crippen LogP contribution in [0.4, 0.5) is 0 Å². The van der Waals surface area contributed by atoms with Crippen molar-refractivity contribution in [3.63, 3.8) is 0 Å². The molecule has 0 saturated heterocycles. The monoisotopic (exact) mass is 214 g/mol. The Balaban J connectivity index is 2.84. The van der Waals surface area contributed by atoms with Crippen LogP contribution in [-0.2, 0) is 23.7 Å². The van der Waals surface area contributed by atoms with Gasteiger partial charge in [-0.25, -0.2) is 4.79 Å². The van der Waals surface area contributed by atoms with Crippen LogP contribution in [0.2, 0.25) is 0 Å². The summed E-state index contributed by atoms with van der Waals surface area (Å²) in [5.74, 6) is -1.77. The van der Waals surface area contributed by atoms with Gasteiger partial charge in [0.2, 0.25) is 0 Å². The van der Waals surface area contributed by atoms with Crippen LogP contribution in [0.1, 0.15) is 6.92 Å². The van der Waals surface area contributed by atoms with Gasteiger partial charge in [-0.2, -0.15) is 0 Å². The van der Waals surface area contributed by atoms with Crippen LogP contribution in [0.3, 0.4) is 0 Å². The Hall–Kier alpha value is -1.33. The molecule has 1 rings (SSSR count). The first kappa shape index (κ1) is 11.7. The maximum absolute atomic E-state index is 11.4. The molecular weight excluding hydrogens is 200 g/mol. The van der Waals surface area contributed by atoms with Crippen molar-refractivity contribution in [1.82, 2.24) is 0 Å². The van der Waals surface area contributed by atoms with Gasteiger partial charge in [-0.15, -0.1) is 0 Å². The molecule has 0 aromatic rings. The summed E-state index contributed by atoms with van der Waals surface area (Å²) in [7, 11) is 2.84. The minimum absolute atomic E-state index is 0.317. The van der Waals surface area contributed by atoms with Crippen molar-refractivity contribution in [2.45, 2.75) is 12.9 Å². The van der Waals surface area contributed by atoms with Crippen molar-refractivity contribution in [1.29, 1.82) is 0 Å². The van der Waals surface area contributed by atoms with Gasteiger partial charge in [0.25, 0.3) is 0 Å². The summed E-state index contributed by atoms with van der Waals surface area (Å²) >= 11 is 0. The van der Waals surface area contributed by atoms with Crippen LogP contribution in [0.15, 0.2) is 24.0 Å². The van der Waals surface area contributed by atoms with E-state index in [1.54, 1.807) is 6.92 Å². The van der Waals surface area contributed by atoms with Crippen molar-refractivity contribution in [3.8, 4) is 0 Å². The minimum atomic E-state index is -1.34. The molecule has 0 radical (unpaired) electrons. The van der Waals surface area contributed by atoms with Gasteiger partial charge in [0.1, 0.15) is 0 Å². The molecule has 0 N–H and O–H groups in total. The lowest BCUT2D eigenvalue weighted by Gasteiger charge is -2.28. The molecule has 5 nitrogen and oxygen atoms in total. The molecule has 5 heteroatoms. The van der Waals surface area contributed by atoms with Crippen LogP contribution >= 0.6 is 0 Å². The fourth-order valence-electron chi connectivity index (χ4n) is 1.11. The summed E-state index contributed by atoms with van der Waals surface area (Å²) in [6.07, 6.45) is 4.25. The Morgan fingerprint density at radius 3 is 2.67 bits per heavy atom. The SMILES string of the molecule is CCOC(=O)C1=CC(OC)(OC)OC=C1. The van der Waals surface area contributed by atoms with Crippen molar-refractivity contribution < 1.29 is 23.7 Å². The highest BCUT2D eigenvalue weighted by Gasteiger charge is 2.32. The van der Waals surface area contributed by atoms with E-state index in [0.717, 1.165) is 0 Å². The maximum atomic E-state index is 11.4. The molecule has 0 amide bonds. The molecule has 0 aromatic carbocycles. The first-order valence-electron chi connectivity index (χ1n) is 4.52. The average molecular weight is 214 g/mol. The molecule has 0 aliphatic carbocycles. The second kappa shape index (κ2) is 4.95.